The molecule has 6 heteroatoms. The van der Waals surface area contributed by atoms with Crippen molar-refractivity contribution in [1.82, 2.24) is 15.3 Å². The number of aryl methyl sites for hydroxylation is 1. The number of hydrogen-bond donors (Lipinski definition) is 1. The highest BCUT2D eigenvalue weighted by atomic mass is 16.5. The molecule has 130 valence electrons. The molecule has 1 aromatic carbocycles. The molecule has 0 unspecified atom stereocenters. The van der Waals surface area contributed by atoms with E-state index in [1.165, 1.54) is 6.08 Å². The van der Waals surface area contributed by atoms with Crippen LogP contribution in [0.25, 0.3) is 6.08 Å². The maximum atomic E-state index is 12.0. The maximum Gasteiger partial charge on any atom is 0.244 e. The molecule has 1 aromatic heterocycles. The Bertz CT molecular complexity index is 755. The van der Waals surface area contributed by atoms with E-state index in [2.05, 4.69) is 20.2 Å². The van der Waals surface area contributed by atoms with Crippen LogP contribution in [0.5, 0.6) is 0 Å². The lowest BCUT2D eigenvalue weighted by Crippen LogP contribution is -2.37. The van der Waals surface area contributed by atoms with Crippen molar-refractivity contribution in [2.75, 3.05) is 31.2 Å². The predicted octanol–water partition coefficient (Wildman–Crippen LogP) is 1.95. The number of carbonyl (C=O) groups excluding carboxylic acids is 1. The molecule has 25 heavy (non-hydrogen) atoms. The Labute approximate surface area is 147 Å². The SMILES string of the molecule is Cc1ccccc1/C=C/C(=O)NCc1nccc(N2CCOCC2)n1. The second-order valence-electron chi connectivity index (χ2n) is 5.84. The van der Waals surface area contributed by atoms with Gasteiger partial charge in [-0.05, 0) is 30.2 Å². The van der Waals surface area contributed by atoms with Gasteiger partial charge in [-0.1, -0.05) is 24.3 Å². The average Bonchev–Trinajstić information content (AvgIpc) is 2.67. The standard InChI is InChI=1S/C19H22N4O2/c1-15-4-2-3-5-16(15)6-7-19(24)21-14-17-20-9-8-18(22-17)23-10-12-25-13-11-23/h2-9H,10-14H2,1H3,(H,21,24)/b7-6+. The minimum atomic E-state index is -0.163. The molecule has 3 rings (SSSR count). The molecule has 0 saturated carbocycles. The van der Waals surface area contributed by atoms with Crippen molar-refractivity contribution in [3.63, 3.8) is 0 Å². The molecule has 1 aliphatic heterocycles. The first-order valence-corrected chi connectivity index (χ1v) is 8.38. The van der Waals surface area contributed by atoms with Crippen molar-refractivity contribution in [2.24, 2.45) is 0 Å². The smallest absolute Gasteiger partial charge is 0.244 e. The van der Waals surface area contributed by atoms with Gasteiger partial charge in [0, 0.05) is 25.4 Å². The molecule has 2 heterocycles. The second kappa shape index (κ2) is 8.39. The summed E-state index contributed by atoms with van der Waals surface area (Å²) >= 11 is 0. The Balaban J connectivity index is 1.56. The summed E-state index contributed by atoms with van der Waals surface area (Å²) < 4.78 is 5.35. The zero-order valence-corrected chi connectivity index (χ0v) is 14.3. The number of nitrogens with one attached hydrogen (secondary N) is 1. The van der Waals surface area contributed by atoms with Crippen LogP contribution in [0.4, 0.5) is 5.82 Å². The van der Waals surface area contributed by atoms with Gasteiger partial charge in [-0.2, -0.15) is 0 Å². The Morgan fingerprint density at radius 1 is 1.28 bits per heavy atom. The van der Waals surface area contributed by atoms with E-state index in [1.54, 1.807) is 6.20 Å². The Morgan fingerprint density at radius 2 is 2.08 bits per heavy atom. The van der Waals surface area contributed by atoms with Crippen molar-refractivity contribution in [1.29, 1.82) is 0 Å². The molecule has 1 fully saturated rings. The normalized spacial score (nSPS) is 14.7. The van der Waals surface area contributed by atoms with E-state index in [0.29, 0.717) is 25.6 Å². The molecule has 0 aliphatic carbocycles. The fourth-order valence-electron chi connectivity index (χ4n) is 2.61. The zero-order chi connectivity index (χ0) is 17.5. The Morgan fingerprint density at radius 3 is 2.88 bits per heavy atom. The summed E-state index contributed by atoms with van der Waals surface area (Å²) in [6.45, 7) is 5.38. The van der Waals surface area contributed by atoms with Crippen molar-refractivity contribution >= 4 is 17.8 Å². The molecule has 0 bridgehead atoms. The van der Waals surface area contributed by atoms with E-state index < -0.39 is 0 Å². The molecule has 0 radical (unpaired) electrons. The summed E-state index contributed by atoms with van der Waals surface area (Å²) in [4.78, 5) is 22.9. The number of morpholine rings is 1. The van der Waals surface area contributed by atoms with E-state index in [0.717, 1.165) is 30.0 Å². The summed E-state index contributed by atoms with van der Waals surface area (Å²) in [5.74, 6) is 1.31. The summed E-state index contributed by atoms with van der Waals surface area (Å²) in [5, 5.41) is 2.82. The molecule has 0 spiro atoms. The van der Waals surface area contributed by atoms with Gasteiger partial charge < -0.3 is 15.0 Å². The first-order chi connectivity index (χ1) is 12.2. The van der Waals surface area contributed by atoms with E-state index in [9.17, 15) is 4.79 Å². The molecule has 2 aromatic rings. The van der Waals surface area contributed by atoms with E-state index >= 15 is 0 Å². The number of anilines is 1. The van der Waals surface area contributed by atoms with Crippen molar-refractivity contribution in [2.45, 2.75) is 13.5 Å². The van der Waals surface area contributed by atoms with Crippen LogP contribution in [0, 0.1) is 6.92 Å². The first kappa shape index (κ1) is 17.1. The lowest BCUT2D eigenvalue weighted by Gasteiger charge is -2.27. The number of ether oxygens (including phenoxy) is 1. The lowest BCUT2D eigenvalue weighted by molar-refractivity contribution is -0.116. The second-order valence-corrected chi connectivity index (χ2v) is 5.84. The third-order valence-corrected chi connectivity index (χ3v) is 4.05. The van der Waals surface area contributed by atoms with Gasteiger partial charge in [-0.25, -0.2) is 9.97 Å². The third-order valence-electron chi connectivity index (χ3n) is 4.05. The molecule has 1 N–H and O–H groups in total. The number of carbonyl (C=O) groups is 1. The highest BCUT2D eigenvalue weighted by molar-refractivity contribution is 5.91. The fourth-order valence-corrected chi connectivity index (χ4v) is 2.61. The number of hydrogen-bond acceptors (Lipinski definition) is 5. The number of benzene rings is 1. The summed E-state index contributed by atoms with van der Waals surface area (Å²) in [7, 11) is 0. The van der Waals surface area contributed by atoms with E-state index in [-0.39, 0.29) is 5.91 Å². The monoisotopic (exact) mass is 338 g/mol. The average molecular weight is 338 g/mol. The van der Waals surface area contributed by atoms with Gasteiger partial charge in [0.15, 0.2) is 0 Å². The summed E-state index contributed by atoms with van der Waals surface area (Å²) in [6.07, 6.45) is 5.08. The van der Waals surface area contributed by atoms with Crippen LogP contribution in [0.1, 0.15) is 17.0 Å². The van der Waals surface area contributed by atoms with E-state index in [4.69, 9.17) is 4.74 Å². The fraction of sp³-hybridized carbons (Fsp3) is 0.316. The van der Waals surface area contributed by atoms with Gasteiger partial charge in [0.2, 0.25) is 5.91 Å². The van der Waals surface area contributed by atoms with Crippen LogP contribution < -0.4 is 10.2 Å². The first-order valence-electron chi connectivity index (χ1n) is 8.38. The number of amides is 1. The van der Waals surface area contributed by atoms with Gasteiger partial charge in [-0.3, -0.25) is 4.79 Å². The van der Waals surface area contributed by atoms with Crippen LogP contribution in [0.15, 0.2) is 42.6 Å². The van der Waals surface area contributed by atoms with Crippen LogP contribution >= 0.6 is 0 Å². The van der Waals surface area contributed by atoms with Crippen LogP contribution in [-0.2, 0) is 16.1 Å². The molecule has 6 nitrogen and oxygen atoms in total. The van der Waals surface area contributed by atoms with Gasteiger partial charge in [0.05, 0.1) is 19.8 Å². The Hall–Kier alpha value is -2.73. The number of rotatable bonds is 5. The van der Waals surface area contributed by atoms with Crippen molar-refractivity contribution in [3.05, 3.63) is 59.6 Å². The quantitative estimate of drug-likeness (QED) is 0.844. The van der Waals surface area contributed by atoms with Gasteiger partial charge >= 0.3 is 0 Å². The number of nitrogens with zero attached hydrogens (tertiary/aromatic N) is 3. The molecular formula is C19H22N4O2. The molecule has 1 aliphatic rings. The van der Waals surface area contributed by atoms with Crippen LogP contribution in [0.2, 0.25) is 0 Å². The zero-order valence-electron chi connectivity index (χ0n) is 14.3. The largest absolute Gasteiger partial charge is 0.378 e. The van der Waals surface area contributed by atoms with Gasteiger partial charge in [-0.15, -0.1) is 0 Å². The minimum Gasteiger partial charge on any atom is -0.378 e. The van der Waals surface area contributed by atoms with Crippen molar-refractivity contribution < 1.29 is 9.53 Å². The molecule has 1 saturated heterocycles. The predicted molar refractivity (Wildman–Crippen MR) is 97.1 cm³/mol. The van der Waals surface area contributed by atoms with Crippen LogP contribution in [-0.4, -0.2) is 42.2 Å². The maximum absolute atomic E-state index is 12.0. The number of aromatic nitrogens is 2. The summed E-state index contributed by atoms with van der Waals surface area (Å²) in [5.41, 5.74) is 2.16. The van der Waals surface area contributed by atoms with Gasteiger partial charge in [0.25, 0.3) is 0 Å². The lowest BCUT2D eigenvalue weighted by atomic mass is 10.1. The Kier molecular flexibility index (Phi) is 5.74. The molecule has 0 atom stereocenters. The molecule has 1 amide bonds. The highest BCUT2D eigenvalue weighted by Gasteiger charge is 2.13. The van der Waals surface area contributed by atoms with Gasteiger partial charge in [0.1, 0.15) is 11.6 Å². The topological polar surface area (TPSA) is 67.4 Å². The third kappa shape index (κ3) is 4.87. The van der Waals surface area contributed by atoms with Crippen molar-refractivity contribution in [3.8, 4) is 0 Å². The van der Waals surface area contributed by atoms with Crippen LogP contribution in [0.3, 0.4) is 0 Å². The van der Waals surface area contributed by atoms with E-state index in [1.807, 2.05) is 43.3 Å². The summed E-state index contributed by atoms with van der Waals surface area (Å²) in [6, 6.07) is 9.81. The molecular weight excluding hydrogens is 316 g/mol. The highest BCUT2D eigenvalue weighted by Crippen LogP contribution is 2.12. The minimum absolute atomic E-state index is 0.163.